The number of hydrogen-bond acceptors (Lipinski definition) is 4. The number of pyridine rings is 1. The minimum atomic E-state index is 0.395. The van der Waals surface area contributed by atoms with E-state index in [-0.39, 0.29) is 0 Å². The lowest BCUT2D eigenvalue weighted by Gasteiger charge is -2.25. The van der Waals surface area contributed by atoms with Gasteiger partial charge in [0.15, 0.2) is 0 Å². The second-order valence-corrected chi connectivity index (χ2v) is 5.68. The smallest absolute Gasteiger partial charge is 0.139 e. The summed E-state index contributed by atoms with van der Waals surface area (Å²) in [6, 6.07) is 14.8. The average Bonchev–Trinajstić information content (AvgIpc) is 3.01. The van der Waals surface area contributed by atoms with Gasteiger partial charge in [0.05, 0.1) is 11.6 Å². The lowest BCUT2D eigenvalue weighted by atomic mass is 10.1. The molecule has 4 heteroatoms. The summed E-state index contributed by atoms with van der Waals surface area (Å²) < 4.78 is 5.42. The predicted molar refractivity (Wildman–Crippen MR) is 90.1 cm³/mol. The molecule has 1 N–H and O–H groups in total. The van der Waals surface area contributed by atoms with Crippen LogP contribution >= 0.6 is 0 Å². The molecule has 0 unspecified atom stereocenters. The van der Waals surface area contributed by atoms with E-state index in [2.05, 4.69) is 59.6 Å². The summed E-state index contributed by atoms with van der Waals surface area (Å²) >= 11 is 0. The van der Waals surface area contributed by atoms with Gasteiger partial charge in [-0.2, -0.15) is 0 Å². The number of fused-ring (bicyclic) bond motifs is 1. The Labute approximate surface area is 130 Å². The van der Waals surface area contributed by atoms with Crippen LogP contribution < -0.4 is 5.32 Å². The fourth-order valence-corrected chi connectivity index (χ4v) is 2.57. The van der Waals surface area contributed by atoms with Gasteiger partial charge < -0.3 is 14.6 Å². The largest absolute Gasteiger partial charge is 0.464 e. The van der Waals surface area contributed by atoms with Crippen LogP contribution in [0.4, 0.5) is 5.82 Å². The third-order valence-corrected chi connectivity index (χ3v) is 3.93. The normalized spacial score (nSPS) is 12.7. The Morgan fingerprint density at radius 3 is 2.73 bits per heavy atom. The van der Waals surface area contributed by atoms with E-state index < -0.39 is 0 Å². The van der Waals surface area contributed by atoms with E-state index in [0.717, 1.165) is 29.8 Å². The van der Waals surface area contributed by atoms with Crippen LogP contribution in [0.1, 0.15) is 5.56 Å². The number of likely N-dealkylation sites (N-methyl/N-ethyl adjacent to an activating group) is 1. The van der Waals surface area contributed by atoms with Crippen LogP contribution in [-0.4, -0.2) is 36.6 Å². The number of anilines is 1. The number of hydrogen-bond donors (Lipinski definition) is 1. The molecule has 0 radical (unpaired) electrons. The first-order valence-electron chi connectivity index (χ1n) is 7.50. The Morgan fingerprint density at radius 1 is 1.14 bits per heavy atom. The van der Waals surface area contributed by atoms with Gasteiger partial charge >= 0.3 is 0 Å². The number of rotatable bonds is 6. The maximum absolute atomic E-state index is 5.42. The first-order valence-corrected chi connectivity index (χ1v) is 7.50. The Kier molecular flexibility index (Phi) is 4.39. The van der Waals surface area contributed by atoms with Crippen LogP contribution in [0.15, 0.2) is 59.3 Å². The standard InChI is InChI=1S/C18H21N3O/c1-21(2)15(12-14-6-4-3-5-7-14)13-20-18-16-9-11-22-17(16)8-10-19-18/h3-11,15H,12-13H2,1-2H3,(H,19,20)/t15-/m0/s1. The molecule has 0 spiro atoms. The maximum Gasteiger partial charge on any atom is 0.139 e. The van der Waals surface area contributed by atoms with E-state index in [0.29, 0.717) is 6.04 Å². The molecule has 22 heavy (non-hydrogen) atoms. The molecule has 0 fully saturated rings. The van der Waals surface area contributed by atoms with E-state index in [4.69, 9.17) is 4.42 Å². The van der Waals surface area contributed by atoms with Crippen molar-refractivity contribution in [3.05, 3.63) is 60.5 Å². The Balaban J connectivity index is 1.70. The summed E-state index contributed by atoms with van der Waals surface area (Å²) in [5, 5.41) is 4.49. The Morgan fingerprint density at radius 2 is 1.95 bits per heavy atom. The molecule has 3 aromatic rings. The monoisotopic (exact) mass is 295 g/mol. The number of furan rings is 1. The number of benzene rings is 1. The summed E-state index contributed by atoms with van der Waals surface area (Å²) in [7, 11) is 4.22. The molecule has 0 bridgehead atoms. The van der Waals surface area contributed by atoms with Crippen LogP contribution in [-0.2, 0) is 6.42 Å². The van der Waals surface area contributed by atoms with E-state index >= 15 is 0 Å². The van der Waals surface area contributed by atoms with Crippen LogP contribution in [0, 0.1) is 0 Å². The molecule has 2 heterocycles. The van der Waals surface area contributed by atoms with E-state index in [9.17, 15) is 0 Å². The highest BCUT2D eigenvalue weighted by Gasteiger charge is 2.13. The van der Waals surface area contributed by atoms with Crippen molar-refractivity contribution >= 4 is 16.8 Å². The van der Waals surface area contributed by atoms with Crippen molar-refractivity contribution in [3.63, 3.8) is 0 Å². The van der Waals surface area contributed by atoms with Gasteiger partial charge in [0.2, 0.25) is 0 Å². The van der Waals surface area contributed by atoms with Gasteiger partial charge in [-0.3, -0.25) is 0 Å². The molecule has 1 atom stereocenters. The summed E-state index contributed by atoms with van der Waals surface area (Å²) in [5.74, 6) is 0.881. The lowest BCUT2D eigenvalue weighted by Crippen LogP contribution is -2.36. The summed E-state index contributed by atoms with van der Waals surface area (Å²) in [6.45, 7) is 0.833. The van der Waals surface area contributed by atoms with Gasteiger partial charge in [-0.25, -0.2) is 4.98 Å². The van der Waals surface area contributed by atoms with E-state index in [1.165, 1.54) is 5.56 Å². The van der Waals surface area contributed by atoms with Crippen molar-refractivity contribution in [2.45, 2.75) is 12.5 Å². The van der Waals surface area contributed by atoms with Gasteiger partial charge in [-0.15, -0.1) is 0 Å². The molecule has 0 aliphatic heterocycles. The van der Waals surface area contributed by atoms with Crippen molar-refractivity contribution in [2.75, 3.05) is 26.0 Å². The van der Waals surface area contributed by atoms with Crippen molar-refractivity contribution in [3.8, 4) is 0 Å². The number of nitrogens with one attached hydrogen (secondary N) is 1. The average molecular weight is 295 g/mol. The minimum absolute atomic E-state index is 0.395. The molecular formula is C18H21N3O. The first kappa shape index (κ1) is 14.6. The molecule has 0 amide bonds. The highest BCUT2D eigenvalue weighted by Crippen LogP contribution is 2.21. The summed E-state index contributed by atoms with van der Waals surface area (Å²) in [6.07, 6.45) is 4.48. The molecule has 0 aliphatic rings. The molecule has 4 nitrogen and oxygen atoms in total. The maximum atomic E-state index is 5.42. The lowest BCUT2D eigenvalue weighted by molar-refractivity contribution is 0.303. The quantitative estimate of drug-likeness (QED) is 0.756. The second-order valence-electron chi connectivity index (χ2n) is 5.68. The van der Waals surface area contributed by atoms with Crippen molar-refractivity contribution < 1.29 is 4.42 Å². The summed E-state index contributed by atoms with van der Waals surface area (Å²) in [5.41, 5.74) is 2.21. The van der Waals surface area contributed by atoms with Gasteiger partial charge in [0, 0.05) is 18.8 Å². The third-order valence-electron chi connectivity index (χ3n) is 3.93. The molecule has 0 aliphatic carbocycles. The highest BCUT2D eigenvalue weighted by atomic mass is 16.3. The zero-order valence-electron chi connectivity index (χ0n) is 13.0. The summed E-state index contributed by atoms with van der Waals surface area (Å²) in [4.78, 5) is 6.67. The van der Waals surface area contributed by atoms with Crippen LogP contribution in [0.2, 0.25) is 0 Å². The van der Waals surface area contributed by atoms with Gasteiger partial charge in [0.1, 0.15) is 11.4 Å². The molecule has 0 saturated carbocycles. The predicted octanol–water partition coefficient (Wildman–Crippen LogP) is 3.41. The van der Waals surface area contributed by atoms with Crippen molar-refractivity contribution in [1.29, 1.82) is 0 Å². The van der Waals surface area contributed by atoms with Crippen molar-refractivity contribution in [2.24, 2.45) is 0 Å². The van der Waals surface area contributed by atoms with Crippen LogP contribution in [0.3, 0.4) is 0 Å². The molecule has 2 aromatic heterocycles. The minimum Gasteiger partial charge on any atom is -0.464 e. The van der Waals surface area contributed by atoms with Gasteiger partial charge in [-0.05, 0) is 38.2 Å². The second kappa shape index (κ2) is 6.62. The third kappa shape index (κ3) is 3.28. The van der Waals surface area contributed by atoms with Crippen LogP contribution in [0.25, 0.3) is 11.0 Å². The molecule has 0 saturated heterocycles. The van der Waals surface area contributed by atoms with Crippen molar-refractivity contribution in [1.82, 2.24) is 9.88 Å². The van der Waals surface area contributed by atoms with Gasteiger partial charge in [-0.1, -0.05) is 30.3 Å². The first-order chi connectivity index (χ1) is 10.7. The molecule has 3 rings (SSSR count). The van der Waals surface area contributed by atoms with Crippen LogP contribution in [0.5, 0.6) is 0 Å². The highest BCUT2D eigenvalue weighted by molar-refractivity contribution is 5.87. The Hall–Kier alpha value is -2.33. The zero-order chi connectivity index (χ0) is 15.4. The SMILES string of the molecule is CN(C)[C@H](CNc1nccc2occc12)Cc1ccccc1. The molecule has 1 aromatic carbocycles. The number of aromatic nitrogens is 1. The Bertz CT molecular complexity index is 721. The molecule has 114 valence electrons. The van der Waals surface area contributed by atoms with E-state index in [1.54, 1.807) is 12.5 Å². The fourth-order valence-electron chi connectivity index (χ4n) is 2.57. The molecular weight excluding hydrogens is 274 g/mol. The van der Waals surface area contributed by atoms with E-state index in [1.807, 2.05) is 12.1 Å². The topological polar surface area (TPSA) is 41.3 Å². The fraction of sp³-hybridized carbons (Fsp3) is 0.278. The zero-order valence-corrected chi connectivity index (χ0v) is 13.0. The number of nitrogens with zero attached hydrogens (tertiary/aromatic N) is 2. The van der Waals surface area contributed by atoms with Gasteiger partial charge in [0.25, 0.3) is 0 Å².